The highest BCUT2D eigenvalue weighted by Gasteiger charge is 2.29. The highest BCUT2D eigenvalue weighted by molar-refractivity contribution is 5.97. The second-order valence-electron chi connectivity index (χ2n) is 10.8. The zero-order valence-electron chi connectivity index (χ0n) is 24.0. The smallest absolute Gasteiger partial charge is 0.161 e. The predicted octanol–water partition coefficient (Wildman–Crippen LogP) is 7.95. The Hall–Kier alpha value is -4.52. The Kier molecular flexibility index (Phi) is 7.39. The van der Waals surface area contributed by atoms with Crippen LogP contribution in [0.5, 0.6) is 0 Å². The van der Waals surface area contributed by atoms with Crippen molar-refractivity contribution in [2.75, 3.05) is 0 Å². The van der Waals surface area contributed by atoms with Crippen LogP contribution >= 0.6 is 0 Å². The molecule has 2 atom stereocenters. The number of hydrogen-bond donors (Lipinski definition) is 3. The van der Waals surface area contributed by atoms with E-state index in [9.17, 15) is 18.4 Å². The van der Waals surface area contributed by atoms with Crippen molar-refractivity contribution < 1.29 is 18.4 Å². The lowest BCUT2D eigenvalue weighted by atomic mass is 9.89. The van der Waals surface area contributed by atoms with Crippen molar-refractivity contribution in [1.82, 2.24) is 15.0 Å². The van der Waals surface area contributed by atoms with Gasteiger partial charge in [-0.25, -0.2) is 8.78 Å². The van der Waals surface area contributed by atoms with Crippen LogP contribution in [-0.2, 0) is 0 Å². The molecule has 3 heterocycles. The number of ketones is 2. The van der Waals surface area contributed by atoms with E-state index < -0.39 is 0 Å². The Morgan fingerprint density at radius 2 is 0.902 bits per heavy atom. The summed E-state index contributed by atoms with van der Waals surface area (Å²) in [6.45, 7) is 10.7. The number of carbonyl (C=O) groups is 2. The average molecular weight is 554 g/mol. The second kappa shape index (κ2) is 10.8. The van der Waals surface area contributed by atoms with Gasteiger partial charge in [0.15, 0.2) is 11.6 Å². The van der Waals surface area contributed by atoms with Crippen molar-refractivity contribution in [3.63, 3.8) is 0 Å². The van der Waals surface area contributed by atoms with Crippen LogP contribution in [0.2, 0.25) is 0 Å². The summed E-state index contributed by atoms with van der Waals surface area (Å²) in [5.41, 5.74) is 9.62. The van der Waals surface area contributed by atoms with Gasteiger partial charge >= 0.3 is 0 Å². The van der Waals surface area contributed by atoms with Gasteiger partial charge in [0, 0.05) is 45.3 Å². The molecule has 0 aliphatic rings. The van der Waals surface area contributed by atoms with Gasteiger partial charge in [-0.15, -0.1) is 0 Å². The van der Waals surface area contributed by atoms with Gasteiger partial charge in [0.05, 0.1) is 11.8 Å². The normalized spacial score (nSPS) is 12.9. The summed E-state index contributed by atoms with van der Waals surface area (Å²) >= 11 is 0. The minimum absolute atomic E-state index is 0.0252. The van der Waals surface area contributed by atoms with Crippen molar-refractivity contribution in [1.29, 1.82) is 0 Å². The number of aromatic nitrogens is 3. The molecule has 0 aliphatic carbocycles. The fraction of sp³-hybridized carbons (Fsp3) is 0.235. The number of carbonyl (C=O) groups excluding carboxylic acids is 2. The quantitative estimate of drug-likeness (QED) is 0.171. The van der Waals surface area contributed by atoms with Crippen LogP contribution in [0.15, 0.2) is 60.7 Å². The van der Waals surface area contributed by atoms with Gasteiger partial charge in [0.1, 0.15) is 11.6 Å². The molecule has 0 spiro atoms. The van der Waals surface area contributed by atoms with Crippen molar-refractivity contribution in [3.05, 3.63) is 140 Å². The average Bonchev–Trinajstić information content (AvgIpc) is 3.58. The molecule has 0 aliphatic heterocycles. The molecule has 7 heteroatoms. The molecule has 0 saturated heterocycles. The maximum absolute atomic E-state index is 13.9. The fourth-order valence-electron chi connectivity index (χ4n) is 6.26. The topological polar surface area (TPSA) is 81.5 Å². The molecule has 2 unspecified atom stereocenters. The summed E-state index contributed by atoms with van der Waals surface area (Å²) in [6.07, 6.45) is 0. The first-order chi connectivity index (χ1) is 19.5. The summed E-state index contributed by atoms with van der Waals surface area (Å²) in [5.74, 6) is -1.41. The van der Waals surface area contributed by atoms with E-state index in [1.807, 2.05) is 39.8 Å². The molecule has 5 nitrogen and oxygen atoms in total. The van der Waals surface area contributed by atoms with Crippen molar-refractivity contribution in [2.24, 2.45) is 0 Å². The van der Waals surface area contributed by atoms with Crippen molar-refractivity contribution in [2.45, 2.75) is 53.4 Å². The minimum Gasteiger partial charge on any atom is -0.361 e. The Morgan fingerprint density at radius 3 is 1.20 bits per heavy atom. The van der Waals surface area contributed by atoms with E-state index in [0.29, 0.717) is 11.1 Å². The molecule has 5 rings (SSSR count). The molecular formula is C34H33F2N3O2. The lowest BCUT2D eigenvalue weighted by Gasteiger charge is -2.20. The van der Waals surface area contributed by atoms with Gasteiger partial charge in [0.25, 0.3) is 0 Å². The van der Waals surface area contributed by atoms with Gasteiger partial charge in [-0.2, -0.15) is 0 Å². The molecular weight excluding hydrogens is 520 g/mol. The molecule has 210 valence electrons. The molecule has 0 radical (unpaired) electrons. The third-order valence-corrected chi connectivity index (χ3v) is 7.99. The largest absolute Gasteiger partial charge is 0.361 e. The van der Waals surface area contributed by atoms with E-state index in [1.54, 1.807) is 38.1 Å². The number of benzene rings is 2. The maximum Gasteiger partial charge on any atom is 0.161 e. The summed E-state index contributed by atoms with van der Waals surface area (Å²) in [6, 6.07) is 16.7. The number of halogens is 2. The fourth-order valence-corrected chi connectivity index (χ4v) is 6.26. The molecule has 5 aromatic rings. The Morgan fingerprint density at radius 1 is 0.561 bits per heavy atom. The van der Waals surface area contributed by atoms with Crippen LogP contribution in [0.4, 0.5) is 8.78 Å². The first-order valence-electron chi connectivity index (χ1n) is 13.6. The molecule has 41 heavy (non-hydrogen) atoms. The number of rotatable bonds is 8. The van der Waals surface area contributed by atoms with Crippen LogP contribution in [0.1, 0.15) is 103 Å². The third-order valence-electron chi connectivity index (χ3n) is 7.99. The van der Waals surface area contributed by atoms with Crippen LogP contribution < -0.4 is 0 Å². The Labute approximate surface area is 238 Å². The van der Waals surface area contributed by atoms with E-state index in [4.69, 9.17) is 0 Å². The molecule has 0 saturated carbocycles. The lowest BCUT2D eigenvalue weighted by Crippen LogP contribution is -2.09. The van der Waals surface area contributed by atoms with Gasteiger partial charge in [0.2, 0.25) is 0 Å². The van der Waals surface area contributed by atoms with Crippen LogP contribution in [0, 0.1) is 39.3 Å². The van der Waals surface area contributed by atoms with Gasteiger partial charge in [-0.3, -0.25) is 9.59 Å². The van der Waals surface area contributed by atoms with Gasteiger partial charge in [-0.05, 0) is 100 Å². The number of aryl methyl sites for hydroxylation is 2. The highest BCUT2D eigenvalue weighted by Crippen LogP contribution is 2.39. The summed E-state index contributed by atoms with van der Waals surface area (Å²) in [7, 11) is 0. The summed E-state index contributed by atoms with van der Waals surface area (Å²) in [5, 5.41) is 0. The lowest BCUT2D eigenvalue weighted by molar-refractivity contribution is 0.100. The first kappa shape index (κ1) is 28.0. The number of H-pyrrole nitrogens is 3. The van der Waals surface area contributed by atoms with E-state index in [1.165, 1.54) is 24.3 Å². The van der Waals surface area contributed by atoms with E-state index in [-0.39, 0.29) is 35.0 Å². The molecule has 0 amide bonds. The van der Waals surface area contributed by atoms with Crippen molar-refractivity contribution >= 4 is 11.6 Å². The van der Waals surface area contributed by atoms with Crippen LogP contribution in [-0.4, -0.2) is 26.5 Å². The van der Waals surface area contributed by atoms with Gasteiger partial charge < -0.3 is 15.0 Å². The molecule has 2 aromatic carbocycles. The number of Topliss-reactive ketones (excluding diaryl/α,β-unsaturated/α-hetero) is 2. The number of nitrogens with one attached hydrogen (secondary N) is 3. The Bertz CT molecular complexity index is 1630. The van der Waals surface area contributed by atoms with Crippen LogP contribution in [0.25, 0.3) is 0 Å². The minimum atomic E-state index is -0.343. The van der Waals surface area contributed by atoms with E-state index in [0.717, 1.165) is 56.4 Å². The molecule has 3 aromatic heterocycles. The zero-order chi connectivity index (χ0) is 29.6. The summed E-state index contributed by atoms with van der Waals surface area (Å²) < 4.78 is 27.9. The monoisotopic (exact) mass is 553 g/mol. The molecule has 0 fully saturated rings. The summed E-state index contributed by atoms with van der Waals surface area (Å²) in [4.78, 5) is 35.4. The van der Waals surface area contributed by atoms with Gasteiger partial charge in [-0.1, -0.05) is 24.3 Å². The number of hydrogen-bond acceptors (Lipinski definition) is 2. The van der Waals surface area contributed by atoms with E-state index in [2.05, 4.69) is 15.0 Å². The second-order valence-corrected chi connectivity index (χ2v) is 10.8. The SMILES string of the molecule is CC(=O)c1c(C)[nH]c(C(c2ccc(F)cc2)c2ccc(C(c3ccc(F)cc3)c3[nH]c(C)c(C(C)=O)c3C)[nH]2)c1C. The third kappa shape index (κ3) is 5.08. The zero-order valence-corrected chi connectivity index (χ0v) is 24.0. The molecule has 3 N–H and O–H groups in total. The standard InChI is InChI=1S/C34H33F2N3O2/c1-17-29(21(5)40)19(3)37-33(17)31(23-7-11-25(35)12-8-23)27-15-16-28(39-27)32(24-9-13-26(36)14-10-24)34-18(2)30(22(6)41)20(4)38-34/h7-16,31-32,37-39H,1-6H3. The highest BCUT2D eigenvalue weighted by atomic mass is 19.1. The van der Waals surface area contributed by atoms with Crippen LogP contribution in [0.3, 0.4) is 0 Å². The first-order valence-corrected chi connectivity index (χ1v) is 13.6. The molecule has 0 bridgehead atoms. The van der Waals surface area contributed by atoms with E-state index >= 15 is 0 Å². The predicted molar refractivity (Wildman–Crippen MR) is 156 cm³/mol. The number of aromatic amines is 3. The Balaban J connectivity index is 1.70. The maximum atomic E-state index is 13.9. The van der Waals surface area contributed by atoms with Crippen molar-refractivity contribution in [3.8, 4) is 0 Å².